The summed E-state index contributed by atoms with van der Waals surface area (Å²) in [6, 6.07) is 17.4. The van der Waals surface area contributed by atoms with E-state index in [2.05, 4.69) is 0 Å². The SMILES string of the molecule is CCOC(=O)[C@H](CCc1ccccc1)C[C@H]1CCCc2ccccc2N(CC(=O)O)C1=O. The Kier molecular flexibility index (Phi) is 8.42. The molecule has 2 aromatic rings. The van der Waals surface area contributed by atoms with Crippen LogP contribution in [0, 0.1) is 11.8 Å². The van der Waals surface area contributed by atoms with Crippen LogP contribution in [0.1, 0.15) is 43.7 Å². The summed E-state index contributed by atoms with van der Waals surface area (Å²) in [6.45, 7) is 1.68. The fourth-order valence-electron chi connectivity index (χ4n) is 4.43. The number of para-hydroxylation sites is 1. The number of fused-ring (bicyclic) bond motifs is 1. The van der Waals surface area contributed by atoms with Crippen LogP contribution in [0.5, 0.6) is 0 Å². The van der Waals surface area contributed by atoms with E-state index in [1.165, 1.54) is 4.90 Å². The number of carboxylic acids is 1. The molecule has 3 rings (SSSR count). The van der Waals surface area contributed by atoms with E-state index in [4.69, 9.17) is 4.74 Å². The number of anilines is 1. The number of amides is 1. The highest BCUT2D eigenvalue weighted by Crippen LogP contribution is 2.32. The van der Waals surface area contributed by atoms with Gasteiger partial charge in [-0.25, -0.2) is 0 Å². The van der Waals surface area contributed by atoms with Crippen molar-refractivity contribution in [2.75, 3.05) is 18.1 Å². The summed E-state index contributed by atoms with van der Waals surface area (Å²) in [5, 5.41) is 9.44. The second-order valence-electron chi connectivity index (χ2n) is 8.24. The number of carbonyl (C=O) groups is 3. The minimum absolute atomic E-state index is 0.228. The average Bonchev–Trinajstić information content (AvgIpc) is 2.79. The number of carbonyl (C=O) groups excluding carboxylic acids is 2. The summed E-state index contributed by atoms with van der Waals surface area (Å²) in [7, 11) is 0. The molecule has 0 saturated carbocycles. The van der Waals surface area contributed by atoms with Gasteiger partial charge in [0.15, 0.2) is 0 Å². The Balaban J connectivity index is 1.81. The van der Waals surface area contributed by atoms with Crippen LogP contribution in [0.25, 0.3) is 0 Å². The molecule has 1 amide bonds. The molecule has 0 spiro atoms. The predicted molar refractivity (Wildman–Crippen MR) is 122 cm³/mol. The Morgan fingerprint density at radius 3 is 2.56 bits per heavy atom. The first-order chi connectivity index (χ1) is 15.5. The van der Waals surface area contributed by atoms with Crippen molar-refractivity contribution in [3.63, 3.8) is 0 Å². The van der Waals surface area contributed by atoms with E-state index in [0.717, 1.165) is 24.0 Å². The lowest BCUT2D eigenvalue weighted by molar-refractivity contribution is -0.149. The van der Waals surface area contributed by atoms with Crippen LogP contribution in [0.2, 0.25) is 0 Å². The summed E-state index contributed by atoms with van der Waals surface area (Å²) in [5.74, 6) is -2.41. The summed E-state index contributed by atoms with van der Waals surface area (Å²) in [5.41, 5.74) is 2.76. The fourth-order valence-corrected chi connectivity index (χ4v) is 4.43. The number of hydrogen-bond acceptors (Lipinski definition) is 4. The van der Waals surface area contributed by atoms with E-state index >= 15 is 0 Å². The second kappa shape index (κ2) is 11.5. The maximum absolute atomic E-state index is 13.5. The van der Waals surface area contributed by atoms with Gasteiger partial charge in [0.05, 0.1) is 12.5 Å². The summed E-state index contributed by atoms with van der Waals surface area (Å²) in [4.78, 5) is 39.1. The lowest BCUT2D eigenvalue weighted by Gasteiger charge is -2.31. The lowest BCUT2D eigenvalue weighted by atomic mass is 9.84. The first-order valence-corrected chi connectivity index (χ1v) is 11.3. The van der Waals surface area contributed by atoms with Crippen LogP contribution in [0.3, 0.4) is 0 Å². The van der Waals surface area contributed by atoms with Gasteiger partial charge in [-0.1, -0.05) is 48.5 Å². The van der Waals surface area contributed by atoms with Crippen molar-refractivity contribution < 1.29 is 24.2 Å². The number of aliphatic carboxylic acids is 1. The minimum Gasteiger partial charge on any atom is -0.480 e. The van der Waals surface area contributed by atoms with Crippen molar-refractivity contribution >= 4 is 23.5 Å². The Morgan fingerprint density at radius 1 is 1.12 bits per heavy atom. The topological polar surface area (TPSA) is 83.9 Å². The molecule has 6 heteroatoms. The molecular weight excluding hydrogens is 406 g/mol. The molecule has 32 heavy (non-hydrogen) atoms. The number of rotatable bonds is 9. The van der Waals surface area contributed by atoms with Gasteiger partial charge < -0.3 is 14.7 Å². The Labute approximate surface area is 189 Å². The molecule has 1 aliphatic rings. The van der Waals surface area contributed by atoms with Crippen molar-refractivity contribution in [2.24, 2.45) is 11.8 Å². The van der Waals surface area contributed by atoms with Gasteiger partial charge in [0.1, 0.15) is 6.54 Å². The number of ether oxygens (including phenoxy) is 1. The molecular formula is C26H31NO5. The summed E-state index contributed by atoms with van der Waals surface area (Å²) < 4.78 is 5.31. The van der Waals surface area contributed by atoms with Gasteiger partial charge in [-0.05, 0) is 62.6 Å². The van der Waals surface area contributed by atoms with Gasteiger partial charge in [0.25, 0.3) is 0 Å². The number of nitrogens with zero attached hydrogens (tertiary/aromatic N) is 1. The summed E-state index contributed by atoms with van der Waals surface area (Å²) in [6.07, 6.45) is 3.86. The molecule has 2 aromatic carbocycles. The van der Waals surface area contributed by atoms with E-state index < -0.39 is 17.8 Å². The van der Waals surface area contributed by atoms with Gasteiger partial charge in [-0.15, -0.1) is 0 Å². The number of carboxylic acid groups (broad SMARTS) is 1. The molecule has 0 fully saturated rings. The third-order valence-electron chi connectivity index (χ3n) is 6.00. The third kappa shape index (κ3) is 6.19. The van der Waals surface area contributed by atoms with E-state index in [9.17, 15) is 19.5 Å². The molecule has 1 heterocycles. The van der Waals surface area contributed by atoms with Crippen molar-refractivity contribution in [3.05, 3.63) is 65.7 Å². The van der Waals surface area contributed by atoms with Crippen LogP contribution in [-0.4, -0.2) is 36.1 Å². The van der Waals surface area contributed by atoms with Gasteiger partial charge >= 0.3 is 11.9 Å². The molecule has 170 valence electrons. The van der Waals surface area contributed by atoms with E-state index in [1.54, 1.807) is 13.0 Å². The maximum Gasteiger partial charge on any atom is 0.323 e. The molecule has 1 aliphatic heterocycles. The molecule has 0 bridgehead atoms. The maximum atomic E-state index is 13.5. The third-order valence-corrected chi connectivity index (χ3v) is 6.00. The molecule has 0 radical (unpaired) electrons. The quantitative estimate of drug-likeness (QED) is 0.593. The highest BCUT2D eigenvalue weighted by atomic mass is 16.5. The molecule has 0 aromatic heterocycles. The highest BCUT2D eigenvalue weighted by Gasteiger charge is 2.34. The fraction of sp³-hybridized carbons (Fsp3) is 0.423. The number of esters is 1. The predicted octanol–water partition coefficient (Wildman–Crippen LogP) is 4.26. The number of hydrogen-bond donors (Lipinski definition) is 1. The minimum atomic E-state index is -1.06. The Bertz CT molecular complexity index is 927. The zero-order chi connectivity index (χ0) is 22.9. The van der Waals surface area contributed by atoms with Crippen molar-refractivity contribution in [1.29, 1.82) is 0 Å². The van der Waals surface area contributed by atoms with Crippen LogP contribution in [0.4, 0.5) is 5.69 Å². The van der Waals surface area contributed by atoms with E-state index in [0.29, 0.717) is 31.4 Å². The normalized spacial score (nSPS) is 17.1. The Morgan fingerprint density at radius 2 is 1.84 bits per heavy atom. The van der Waals surface area contributed by atoms with Crippen molar-refractivity contribution in [2.45, 2.75) is 45.4 Å². The first-order valence-electron chi connectivity index (χ1n) is 11.3. The molecule has 6 nitrogen and oxygen atoms in total. The van der Waals surface area contributed by atoms with Crippen LogP contribution in [0.15, 0.2) is 54.6 Å². The molecule has 0 unspecified atom stereocenters. The van der Waals surface area contributed by atoms with Crippen molar-refractivity contribution in [3.8, 4) is 0 Å². The smallest absolute Gasteiger partial charge is 0.323 e. The van der Waals surface area contributed by atoms with Crippen LogP contribution in [-0.2, 0) is 32.0 Å². The monoisotopic (exact) mass is 437 g/mol. The zero-order valence-corrected chi connectivity index (χ0v) is 18.5. The van der Waals surface area contributed by atoms with E-state index in [-0.39, 0.29) is 25.0 Å². The van der Waals surface area contributed by atoms with Crippen molar-refractivity contribution in [1.82, 2.24) is 0 Å². The van der Waals surface area contributed by atoms with Gasteiger partial charge in [-0.3, -0.25) is 14.4 Å². The molecule has 2 atom stereocenters. The first kappa shape index (κ1) is 23.5. The molecule has 0 saturated heterocycles. The van der Waals surface area contributed by atoms with Crippen LogP contribution < -0.4 is 4.90 Å². The summed E-state index contributed by atoms with van der Waals surface area (Å²) >= 11 is 0. The number of benzene rings is 2. The van der Waals surface area contributed by atoms with E-state index in [1.807, 2.05) is 48.5 Å². The Hall–Kier alpha value is -3.15. The van der Waals surface area contributed by atoms with Gasteiger partial charge in [0.2, 0.25) is 5.91 Å². The second-order valence-corrected chi connectivity index (χ2v) is 8.24. The largest absolute Gasteiger partial charge is 0.480 e. The zero-order valence-electron chi connectivity index (χ0n) is 18.5. The number of aryl methyl sites for hydroxylation is 2. The van der Waals surface area contributed by atoms with Gasteiger partial charge in [-0.2, -0.15) is 0 Å². The van der Waals surface area contributed by atoms with Gasteiger partial charge in [0, 0.05) is 11.6 Å². The lowest BCUT2D eigenvalue weighted by Crippen LogP contribution is -2.42. The highest BCUT2D eigenvalue weighted by molar-refractivity contribution is 5.99. The molecule has 0 aliphatic carbocycles. The molecule has 1 N–H and O–H groups in total. The van der Waals surface area contributed by atoms with Crippen LogP contribution >= 0.6 is 0 Å². The average molecular weight is 438 g/mol. The standard InChI is InChI=1S/C26H31NO5/c1-2-32-26(31)22(16-15-19-9-4-3-5-10-19)17-21-13-8-12-20-11-6-7-14-23(20)27(25(21)30)18-24(28)29/h3-7,9-11,14,21-22H,2,8,12-13,15-18H2,1H3,(H,28,29)/t21-,22-/m1/s1.